The minimum absolute atomic E-state index is 0.0662. The van der Waals surface area contributed by atoms with Crippen LogP contribution < -0.4 is 4.74 Å². The van der Waals surface area contributed by atoms with Gasteiger partial charge in [-0.15, -0.1) is 0 Å². The van der Waals surface area contributed by atoms with Gasteiger partial charge in [0, 0.05) is 0 Å². The van der Waals surface area contributed by atoms with Crippen molar-refractivity contribution in [1.82, 2.24) is 0 Å². The number of benzene rings is 1. The van der Waals surface area contributed by atoms with Crippen LogP contribution in [0.15, 0.2) is 24.3 Å². The molecule has 73 valence electrons. The molecule has 0 heterocycles. The van der Waals surface area contributed by atoms with Gasteiger partial charge in [-0.25, -0.2) is 5.11 Å². The zero-order valence-corrected chi connectivity index (χ0v) is 7.90. The number of nitriles is 1. The fraction of sp³-hybridized carbons (Fsp3) is 0.364. The van der Waals surface area contributed by atoms with Crippen molar-refractivity contribution < 1.29 is 9.84 Å². The molecule has 1 radical (unpaired) electrons. The normalized spacial score (nSPS) is 9.43. The minimum Gasteiger partial charge on any atom is -0.492 e. The molecular formula is C11H12NO2. The van der Waals surface area contributed by atoms with E-state index >= 15 is 0 Å². The Morgan fingerprint density at radius 3 is 2.79 bits per heavy atom. The first-order chi connectivity index (χ1) is 6.88. The van der Waals surface area contributed by atoms with Gasteiger partial charge in [0.15, 0.2) is 0 Å². The van der Waals surface area contributed by atoms with Crippen LogP contribution >= 0.6 is 0 Å². The predicted molar refractivity (Wildman–Crippen MR) is 51.4 cm³/mol. The zero-order chi connectivity index (χ0) is 10.2. The molecule has 0 fully saturated rings. The molecule has 0 aromatic heterocycles. The fourth-order valence-corrected chi connectivity index (χ4v) is 1.07. The summed E-state index contributed by atoms with van der Waals surface area (Å²) in [6.45, 7) is 0.435. The summed E-state index contributed by atoms with van der Waals surface area (Å²) in [6.07, 6.45) is 1.36. The van der Waals surface area contributed by atoms with Crippen molar-refractivity contribution >= 4 is 0 Å². The van der Waals surface area contributed by atoms with Crippen molar-refractivity contribution in [3.8, 4) is 11.8 Å². The molecule has 0 spiro atoms. The highest BCUT2D eigenvalue weighted by Crippen LogP contribution is 2.16. The van der Waals surface area contributed by atoms with Gasteiger partial charge in [-0.2, -0.15) is 5.26 Å². The van der Waals surface area contributed by atoms with E-state index in [0.29, 0.717) is 24.3 Å². The van der Waals surface area contributed by atoms with Crippen molar-refractivity contribution in [3.05, 3.63) is 29.8 Å². The van der Waals surface area contributed by atoms with E-state index in [4.69, 9.17) is 10.00 Å². The van der Waals surface area contributed by atoms with E-state index in [9.17, 15) is 5.11 Å². The Morgan fingerprint density at radius 2 is 2.07 bits per heavy atom. The van der Waals surface area contributed by atoms with E-state index < -0.39 is 0 Å². The van der Waals surface area contributed by atoms with E-state index in [1.54, 1.807) is 18.2 Å². The molecule has 3 heteroatoms. The first-order valence-electron chi connectivity index (χ1n) is 4.58. The first kappa shape index (κ1) is 10.6. The Labute approximate surface area is 83.6 Å². The molecule has 14 heavy (non-hydrogen) atoms. The van der Waals surface area contributed by atoms with Crippen LogP contribution in [0.3, 0.4) is 0 Å². The maximum atomic E-state index is 10.2. The number of hydrogen-bond donors (Lipinski definition) is 0. The zero-order valence-electron chi connectivity index (χ0n) is 7.90. The Morgan fingerprint density at radius 1 is 1.29 bits per heavy atom. The molecule has 0 saturated heterocycles. The summed E-state index contributed by atoms with van der Waals surface area (Å²) in [7, 11) is 0. The Balaban J connectivity index is 2.46. The third-order valence-electron chi connectivity index (χ3n) is 1.80. The second-order valence-electron chi connectivity index (χ2n) is 2.87. The van der Waals surface area contributed by atoms with Crippen LogP contribution in [0.5, 0.6) is 5.75 Å². The van der Waals surface area contributed by atoms with Crippen LogP contribution in [0.2, 0.25) is 0 Å². The number of hydrogen-bond acceptors (Lipinski definition) is 2. The maximum absolute atomic E-state index is 10.2. The lowest BCUT2D eigenvalue weighted by atomic mass is 10.2. The van der Waals surface area contributed by atoms with Gasteiger partial charge in [0.25, 0.3) is 0 Å². The molecule has 0 amide bonds. The molecule has 0 atom stereocenters. The van der Waals surface area contributed by atoms with E-state index in [2.05, 4.69) is 0 Å². The average Bonchev–Trinajstić information content (AvgIpc) is 2.25. The third kappa shape index (κ3) is 3.08. The summed E-state index contributed by atoms with van der Waals surface area (Å²) in [6, 6.07) is 9.14. The summed E-state index contributed by atoms with van der Waals surface area (Å²) in [5.74, 6) is 0.598. The van der Waals surface area contributed by atoms with Gasteiger partial charge in [-0.05, 0) is 25.0 Å². The highest BCUT2D eigenvalue weighted by molar-refractivity contribution is 5.42. The molecule has 0 aliphatic rings. The van der Waals surface area contributed by atoms with E-state index in [0.717, 1.165) is 6.42 Å². The van der Waals surface area contributed by atoms with Crippen molar-refractivity contribution in [1.29, 1.82) is 5.26 Å². The van der Waals surface area contributed by atoms with Crippen LogP contribution in [0.25, 0.3) is 0 Å². The SMILES string of the molecule is N#Cc1ccccc1OCCCC[O]. The van der Waals surface area contributed by atoms with Crippen molar-refractivity contribution in [3.63, 3.8) is 0 Å². The summed E-state index contributed by atoms with van der Waals surface area (Å²) in [5, 5.41) is 18.9. The van der Waals surface area contributed by atoms with Crippen molar-refractivity contribution in [2.45, 2.75) is 12.8 Å². The number of para-hydroxylation sites is 1. The molecule has 0 bridgehead atoms. The minimum atomic E-state index is -0.0662. The molecule has 0 aliphatic heterocycles. The lowest BCUT2D eigenvalue weighted by Gasteiger charge is -2.06. The number of rotatable bonds is 5. The van der Waals surface area contributed by atoms with Gasteiger partial charge in [0.05, 0.1) is 18.8 Å². The molecule has 0 N–H and O–H groups in total. The van der Waals surface area contributed by atoms with Crippen LogP contribution in [-0.4, -0.2) is 13.2 Å². The van der Waals surface area contributed by atoms with Crippen molar-refractivity contribution in [2.75, 3.05) is 13.2 Å². The fourth-order valence-electron chi connectivity index (χ4n) is 1.07. The molecule has 0 unspecified atom stereocenters. The first-order valence-corrected chi connectivity index (χ1v) is 4.58. The van der Waals surface area contributed by atoms with Gasteiger partial charge in [-0.3, -0.25) is 0 Å². The van der Waals surface area contributed by atoms with E-state index in [-0.39, 0.29) is 6.61 Å². The number of unbranched alkanes of at least 4 members (excludes halogenated alkanes) is 1. The summed E-state index contributed by atoms with van der Waals surface area (Å²) in [4.78, 5) is 0. The Hall–Kier alpha value is -1.53. The predicted octanol–water partition coefficient (Wildman–Crippen LogP) is 2.15. The van der Waals surface area contributed by atoms with Crippen LogP contribution in [0.4, 0.5) is 0 Å². The lowest BCUT2D eigenvalue weighted by molar-refractivity contribution is 0.178. The Bertz CT molecular complexity index is 317. The molecular weight excluding hydrogens is 178 g/mol. The molecule has 1 aromatic carbocycles. The van der Waals surface area contributed by atoms with Gasteiger partial charge in [0.1, 0.15) is 11.8 Å². The van der Waals surface area contributed by atoms with Crippen molar-refractivity contribution in [2.24, 2.45) is 0 Å². The van der Waals surface area contributed by atoms with Crippen LogP contribution in [-0.2, 0) is 5.11 Å². The second kappa shape index (κ2) is 6.01. The van der Waals surface area contributed by atoms with Gasteiger partial charge in [0.2, 0.25) is 0 Å². The van der Waals surface area contributed by atoms with E-state index in [1.807, 2.05) is 12.1 Å². The van der Waals surface area contributed by atoms with Gasteiger partial charge >= 0.3 is 0 Å². The monoisotopic (exact) mass is 190 g/mol. The largest absolute Gasteiger partial charge is 0.492 e. The van der Waals surface area contributed by atoms with Crippen LogP contribution in [0.1, 0.15) is 18.4 Å². The smallest absolute Gasteiger partial charge is 0.137 e. The molecule has 0 aliphatic carbocycles. The summed E-state index contributed by atoms with van der Waals surface area (Å²) >= 11 is 0. The molecule has 1 aromatic rings. The topological polar surface area (TPSA) is 52.9 Å². The lowest BCUT2D eigenvalue weighted by Crippen LogP contribution is -1.99. The highest BCUT2D eigenvalue weighted by atomic mass is 16.5. The molecule has 1 rings (SSSR count). The average molecular weight is 190 g/mol. The van der Waals surface area contributed by atoms with Gasteiger partial charge < -0.3 is 4.74 Å². The quantitative estimate of drug-likeness (QED) is 0.668. The standard InChI is InChI=1S/C11H12NO2/c12-9-10-5-1-2-6-11(10)14-8-4-3-7-13/h1-2,5-6H,3-4,7-8H2. The van der Waals surface area contributed by atoms with Gasteiger partial charge in [-0.1, -0.05) is 12.1 Å². The third-order valence-corrected chi connectivity index (χ3v) is 1.80. The van der Waals surface area contributed by atoms with E-state index in [1.165, 1.54) is 0 Å². The second-order valence-corrected chi connectivity index (χ2v) is 2.87. The summed E-state index contributed by atoms with van der Waals surface area (Å²) < 4.78 is 5.37. The molecule has 3 nitrogen and oxygen atoms in total. The number of nitrogens with zero attached hydrogens (tertiary/aromatic N) is 1. The highest BCUT2D eigenvalue weighted by Gasteiger charge is 2.00. The Kier molecular flexibility index (Phi) is 4.53. The van der Waals surface area contributed by atoms with Crippen LogP contribution in [0, 0.1) is 11.3 Å². The summed E-state index contributed by atoms with van der Waals surface area (Å²) in [5.41, 5.74) is 0.537. The number of ether oxygens (including phenoxy) is 1. The molecule has 0 saturated carbocycles. The maximum Gasteiger partial charge on any atom is 0.137 e.